The van der Waals surface area contributed by atoms with Crippen molar-refractivity contribution in [1.82, 2.24) is 9.80 Å². The third-order valence-corrected chi connectivity index (χ3v) is 3.60. The van der Waals surface area contributed by atoms with E-state index in [-0.39, 0.29) is 0 Å². The van der Waals surface area contributed by atoms with Crippen molar-refractivity contribution in [2.24, 2.45) is 0 Å². The Morgan fingerprint density at radius 1 is 0.310 bits per heavy atom. The first kappa shape index (κ1) is 28.6. The van der Waals surface area contributed by atoms with Crippen LogP contribution in [0.25, 0.3) is 0 Å². The second-order valence-electron chi connectivity index (χ2n) is 6.89. The first-order chi connectivity index (χ1) is 14.1. The molecule has 0 spiro atoms. The van der Waals surface area contributed by atoms with E-state index in [9.17, 15) is 0 Å². The molecule has 0 unspecified atom stereocenters. The molecule has 9 heteroatoms. The van der Waals surface area contributed by atoms with Gasteiger partial charge in [-0.05, 0) is 28.2 Å². The number of rotatable bonds is 24. The highest BCUT2D eigenvalue weighted by atomic mass is 16.6. The normalized spacial score (nSPS) is 11.8. The largest absolute Gasteiger partial charge is 0.378 e. The van der Waals surface area contributed by atoms with Crippen molar-refractivity contribution in [2.75, 3.05) is 134 Å². The molecule has 0 aliphatic rings. The lowest BCUT2D eigenvalue weighted by atomic mass is 10.6. The van der Waals surface area contributed by atoms with Crippen LogP contribution >= 0.6 is 0 Å². The number of ether oxygens (including phenoxy) is 7. The highest BCUT2D eigenvalue weighted by Gasteiger charge is 1.95. The fourth-order valence-corrected chi connectivity index (χ4v) is 1.92. The van der Waals surface area contributed by atoms with Crippen molar-refractivity contribution in [2.45, 2.75) is 0 Å². The summed E-state index contributed by atoms with van der Waals surface area (Å²) in [6, 6.07) is 0. The van der Waals surface area contributed by atoms with Crippen molar-refractivity contribution in [3.8, 4) is 0 Å². The van der Waals surface area contributed by atoms with Crippen molar-refractivity contribution < 1.29 is 33.2 Å². The summed E-state index contributed by atoms with van der Waals surface area (Å²) in [5.41, 5.74) is 0. The molecule has 0 heterocycles. The maximum atomic E-state index is 5.44. The average molecular weight is 425 g/mol. The lowest BCUT2D eigenvalue weighted by Gasteiger charge is -2.10. The van der Waals surface area contributed by atoms with Crippen LogP contribution in [-0.4, -0.2) is 144 Å². The van der Waals surface area contributed by atoms with Gasteiger partial charge in [0.1, 0.15) is 0 Å². The van der Waals surface area contributed by atoms with Gasteiger partial charge in [0, 0.05) is 13.1 Å². The Balaban J connectivity index is 3.00. The van der Waals surface area contributed by atoms with Crippen LogP contribution in [0.3, 0.4) is 0 Å². The fourth-order valence-electron chi connectivity index (χ4n) is 1.92. The van der Waals surface area contributed by atoms with E-state index in [1.807, 2.05) is 28.2 Å². The van der Waals surface area contributed by atoms with Crippen molar-refractivity contribution >= 4 is 0 Å². The molecule has 0 aromatic carbocycles. The van der Waals surface area contributed by atoms with Crippen molar-refractivity contribution in [1.29, 1.82) is 0 Å². The summed E-state index contributed by atoms with van der Waals surface area (Å²) in [7, 11) is 8.10. The number of nitrogens with zero attached hydrogens (tertiary/aromatic N) is 2. The van der Waals surface area contributed by atoms with E-state index in [1.54, 1.807) is 0 Å². The lowest BCUT2D eigenvalue weighted by molar-refractivity contribution is -0.0210. The minimum atomic E-state index is 0.553. The van der Waals surface area contributed by atoms with Gasteiger partial charge < -0.3 is 43.0 Å². The van der Waals surface area contributed by atoms with Crippen LogP contribution < -0.4 is 0 Å². The van der Waals surface area contributed by atoms with Gasteiger partial charge in [-0.2, -0.15) is 0 Å². The van der Waals surface area contributed by atoms with E-state index in [1.165, 1.54) is 0 Å². The van der Waals surface area contributed by atoms with E-state index in [4.69, 9.17) is 33.2 Å². The summed E-state index contributed by atoms with van der Waals surface area (Å²) in [5.74, 6) is 0. The van der Waals surface area contributed by atoms with Crippen LogP contribution in [0.4, 0.5) is 0 Å². The topological polar surface area (TPSA) is 71.1 Å². The zero-order valence-corrected chi connectivity index (χ0v) is 19.1. The number of likely N-dealkylation sites (N-methyl/N-ethyl adjacent to an activating group) is 2. The first-order valence-electron chi connectivity index (χ1n) is 10.5. The molecular weight excluding hydrogens is 380 g/mol. The predicted molar refractivity (Wildman–Crippen MR) is 113 cm³/mol. The minimum Gasteiger partial charge on any atom is -0.378 e. The Morgan fingerprint density at radius 3 is 0.655 bits per heavy atom. The summed E-state index contributed by atoms with van der Waals surface area (Å²) >= 11 is 0. The standard InChI is InChI=1S/C20H44N2O7/c1-21(2)5-7-23-9-11-25-13-15-27-17-19-29-20-18-28-16-14-26-12-10-24-8-6-22(3)4/h5-20H2,1-4H3. The molecule has 0 rings (SSSR count). The zero-order valence-electron chi connectivity index (χ0n) is 19.1. The quantitative estimate of drug-likeness (QED) is 0.202. The van der Waals surface area contributed by atoms with Crippen LogP contribution in [0.15, 0.2) is 0 Å². The van der Waals surface area contributed by atoms with Crippen molar-refractivity contribution in [3.05, 3.63) is 0 Å². The van der Waals surface area contributed by atoms with Gasteiger partial charge in [0.05, 0.1) is 92.5 Å². The maximum absolute atomic E-state index is 5.44. The second kappa shape index (κ2) is 23.9. The third-order valence-electron chi connectivity index (χ3n) is 3.60. The molecular formula is C20H44N2O7. The summed E-state index contributed by atoms with van der Waals surface area (Å²) in [4.78, 5) is 4.17. The number of hydrogen-bond donors (Lipinski definition) is 0. The Morgan fingerprint density at radius 2 is 0.483 bits per heavy atom. The molecule has 0 aliphatic heterocycles. The van der Waals surface area contributed by atoms with Crippen LogP contribution in [-0.2, 0) is 33.2 Å². The van der Waals surface area contributed by atoms with Gasteiger partial charge in [-0.3, -0.25) is 0 Å². The first-order valence-corrected chi connectivity index (χ1v) is 10.5. The van der Waals surface area contributed by atoms with Crippen LogP contribution in [0.5, 0.6) is 0 Å². The smallest absolute Gasteiger partial charge is 0.0701 e. The molecule has 0 amide bonds. The second-order valence-corrected chi connectivity index (χ2v) is 6.89. The SMILES string of the molecule is CN(C)CCOCCOCCOCCOCCOCCOCCOCCN(C)C. The van der Waals surface area contributed by atoms with Crippen LogP contribution in [0.1, 0.15) is 0 Å². The molecule has 0 saturated carbocycles. The van der Waals surface area contributed by atoms with Gasteiger partial charge in [-0.15, -0.1) is 0 Å². The molecule has 0 N–H and O–H groups in total. The average Bonchev–Trinajstić information content (AvgIpc) is 2.68. The Hall–Kier alpha value is -0.360. The Kier molecular flexibility index (Phi) is 23.6. The third kappa shape index (κ3) is 27.6. The number of hydrogen-bond acceptors (Lipinski definition) is 9. The van der Waals surface area contributed by atoms with Crippen LogP contribution in [0, 0.1) is 0 Å². The molecule has 0 radical (unpaired) electrons. The van der Waals surface area contributed by atoms with Gasteiger partial charge in [-0.25, -0.2) is 0 Å². The maximum Gasteiger partial charge on any atom is 0.0701 e. The van der Waals surface area contributed by atoms with E-state index >= 15 is 0 Å². The van der Waals surface area contributed by atoms with Gasteiger partial charge in [0.2, 0.25) is 0 Å². The Labute approximate surface area is 177 Å². The molecule has 176 valence electrons. The van der Waals surface area contributed by atoms with Gasteiger partial charge in [-0.1, -0.05) is 0 Å². The fraction of sp³-hybridized carbons (Fsp3) is 1.00. The van der Waals surface area contributed by atoms with Crippen molar-refractivity contribution in [3.63, 3.8) is 0 Å². The molecule has 29 heavy (non-hydrogen) atoms. The molecule has 0 bridgehead atoms. The van der Waals surface area contributed by atoms with E-state index < -0.39 is 0 Å². The predicted octanol–water partition coefficient (Wildman–Crippen LogP) is 0.226. The molecule has 0 aromatic rings. The van der Waals surface area contributed by atoms with Gasteiger partial charge >= 0.3 is 0 Å². The minimum absolute atomic E-state index is 0.553. The Bertz CT molecular complexity index is 283. The molecule has 0 saturated heterocycles. The monoisotopic (exact) mass is 424 g/mol. The van der Waals surface area contributed by atoms with Crippen LogP contribution in [0.2, 0.25) is 0 Å². The highest BCUT2D eigenvalue weighted by molar-refractivity contribution is 4.41. The summed E-state index contributed by atoms with van der Waals surface area (Å²) in [6.45, 7) is 10.2. The zero-order chi connectivity index (χ0) is 21.4. The summed E-state index contributed by atoms with van der Waals surface area (Å²) < 4.78 is 38.0. The summed E-state index contributed by atoms with van der Waals surface area (Å²) in [5, 5.41) is 0. The molecule has 9 nitrogen and oxygen atoms in total. The molecule has 0 aromatic heterocycles. The van der Waals surface area contributed by atoms with E-state index in [0.29, 0.717) is 79.3 Å². The molecule has 0 fully saturated rings. The van der Waals surface area contributed by atoms with E-state index in [0.717, 1.165) is 26.3 Å². The van der Waals surface area contributed by atoms with Gasteiger partial charge in [0.15, 0.2) is 0 Å². The lowest BCUT2D eigenvalue weighted by Crippen LogP contribution is -2.19. The highest BCUT2D eigenvalue weighted by Crippen LogP contribution is 1.86. The van der Waals surface area contributed by atoms with E-state index in [2.05, 4.69) is 9.80 Å². The molecule has 0 aliphatic carbocycles. The summed E-state index contributed by atoms with van der Waals surface area (Å²) in [6.07, 6.45) is 0. The van der Waals surface area contributed by atoms with Gasteiger partial charge in [0.25, 0.3) is 0 Å². The molecule has 0 atom stereocenters.